The molecule has 0 spiro atoms. The van der Waals surface area contributed by atoms with Crippen molar-refractivity contribution >= 4 is 28.8 Å². The first-order chi connectivity index (χ1) is 17.3. The monoisotopic (exact) mass is 499 g/mol. The smallest absolute Gasteiger partial charge is 0.274 e. The standard InChI is InChI=1S/C28H29N5O2S/c1-15-7-5-9-19(11-15)25-23(31-18(4)36-25)28(35)33-14-20-12-21(20)22(33)13-29-27(34)24-17(3)30-26-16(2)8-6-10-32(24)26/h5-11,20-22H,12-14H2,1-4H3,(H,29,34)/t20-,21-,22-/m1/s1. The van der Waals surface area contributed by atoms with Crippen LogP contribution in [0.2, 0.25) is 0 Å². The molecule has 2 fully saturated rings. The fourth-order valence-corrected chi connectivity index (χ4v) is 6.54. The third-order valence-corrected chi connectivity index (χ3v) is 8.51. The van der Waals surface area contributed by atoms with Gasteiger partial charge in [0.2, 0.25) is 0 Å². The van der Waals surface area contributed by atoms with E-state index < -0.39 is 0 Å². The van der Waals surface area contributed by atoms with Gasteiger partial charge in [0.15, 0.2) is 0 Å². The minimum Gasteiger partial charge on any atom is -0.349 e. The Bertz CT molecular complexity index is 1520. The number of benzene rings is 1. The van der Waals surface area contributed by atoms with Crippen LogP contribution in [0.3, 0.4) is 0 Å². The number of hydrogen-bond donors (Lipinski definition) is 1. The van der Waals surface area contributed by atoms with Crippen molar-refractivity contribution in [3.63, 3.8) is 0 Å². The number of amides is 2. The minimum atomic E-state index is -0.160. The van der Waals surface area contributed by atoms with Gasteiger partial charge < -0.3 is 10.2 Å². The van der Waals surface area contributed by atoms with Gasteiger partial charge in [-0.3, -0.25) is 14.0 Å². The van der Waals surface area contributed by atoms with Crippen LogP contribution in [0.5, 0.6) is 0 Å². The molecule has 1 saturated heterocycles. The van der Waals surface area contributed by atoms with E-state index in [2.05, 4.69) is 34.3 Å². The number of carbonyl (C=O) groups excluding carboxylic acids is 2. The summed E-state index contributed by atoms with van der Waals surface area (Å²) < 4.78 is 1.85. The summed E-state index contributed by atoms with van der Waals surface area (Å²) in [5.74, 6) is 0.746. The van der Waals surface area contributed by atoms with Gasteiger partial charge in [-0.25, -0.2) is 9.97 Å². The van der Waals surface area contributed by atoms with Gasteiger partial charge in [0, 0.05) is 19.3 Å². The molecule has 0 radical (unpaired) electrons. The third kappa shape index (κ3) is 3.80. The topological polar surface area (TPSA) is 79.6 Å². The second-order valence-corrected chi connectivity index (χ2v) is 11.3. The predicted molar refractivity (Wildman–Crippen MR) is 140 cm³/mol. The zero-order chi connectivity index (χ0) is 25.1. The van der Waals surface area contributed by atoms with Crippen molar-refractivity contribution in [3.05, 3.63) is 75.8 Å². The molecule has 1 aliphatic heterocycles. The summed E-state index contributed by atoms with van der Waals surface area (Å²) in [5.41, 5.74) is 5.77. The summed E-state index contributed by atoms with van der Waals surface area (Å²) in [7, 11) is 0. The van der Waals surface area contributed by atoms with E-state index in [0.29, 0.717) is 35.5 Å². The first-order valence-electron chi connectivity index (χ1n) is 12.4. The normalized spacial score (nSPS) is 20.6. The Kier molecular flexibility index (Phi) is 5.44. The quantitative estimate of drug-likeness (QED) is 0.436. The molecule has 3 atom stereocenters. The number of hydrogen-bond acceptors (Lipinski definition) is 5. The van der Waals surface area contributed by atoms with Crippen LogP contribution in [0.4, 0.5) is 0 Å². The number of fused-ring (bicyclic) bond motifs is 2. The molecule has 3 aromatic heterocycles. The third-order valence-electron chi connectivity index (χ3n) is 7.49. The van der Waals surface area contributed by atoms with E-state index >= 15 is 0 Å². The maximum absolute atomic E-state index is 13.8. The zero-order valence-electron chi connectivity index (χ0n) is 20.9. The number of carbonyl (C=O) groups is 2. The van der Waals surface area contributed by atoms with Gasteiger partial charge in [0.25, 0.3) is 11.8 Å². The van der Waals surface area contributed by atoms with Crippen LogP contribution in [-0.2, 0) is 0 Å². The summed E-state index contributed by atoms with van der Waals surface area (Å²) in [6, 6.07) is 12.1. The highest BCUT2D eigenvalue weighted by Gasteiger charge is 2.54. The fraction of sp³-hybridized carbons (Fsp3) is 0.357. The Morgan fingerprint density at radius 1 is 1.11 bits per heavy atom. The maximum Gasteiger partial charge on any atom is 0.274 e. The van der Waals surface area contributed by atoms with Crippen molar-refractivity contribution in [3.8, 4) is 10.4 Å². The van der Waals surface area contributed by atoms with Crippen molar-refractivity contribution in [2.24, 2.45) is 11.8 Å². The number of rotatable bonds is 5. The van der Waals surface area contributed by atoms with Crippen LogP contribution in [0.25, 0.3) is 16.1 Å². The van der Waals surface area contributed by atoms with Gasteiger partial charge in [-0.2, -0.15) is 0 Å². The van der Waals surface area contributed by atoms with Crippen LogP contribution in [-0.4, -0.2) is 50.2 Å². The average Bonchev–Trinajstić information content (AvgIpc) is 3.17. The van der Waals surface area contributed by atoms with E-state index in [1.165, 1.54) is 0 Å². The highest BCUT2D eigenvalue weighted by atomic mass is 32.1. The number of aromatic nitrogens is 3. The molecular formula is C28H29N5O2S. The summed E-state index contributed by atoms with van der Waals surface area (Å²) in [6.07, 6.45) is 2.98. The molecule has 36 heavy (non-hydrogen) atoms. The summed E-state index contributed by atoms with van der Waals surface area (Å²) in [5, 5.41) is 4.00. The van der Waals surface area contributed by atoms with Crippen LogP contribution in [0.1, 0.15) is 49.2 Å². The lowest BCUT2D eigenvalue weighted by atomic mass is 10.1. The molecule has 184 valence electrons. The zero-order valence-corrected chi connectivity index (χ0v) is 21.7. The Morgan fingerprint density at radius 2 is 1.94 bits per heavy atom. The van der Waals surface area contributed by atoms with Gasteiger partial charge in [0.1, 0.15) is 17.0 Å². The number of thiazole rings is 1. The Balaban J connectivity index is 1.24. The average molecular weight is 500 g/mol. The van der Waals surface area contributed by atoms with Crippen molar-refractivity contribution in [2.75, 3.05) is 13.1 Å². The molecular weight excluding hydrogens is 470 g/mol. The van der Waals surface area contributed by atoms with E-state index in [-0.39, 0.29) is 17.9 Å². The molecule has 8 heteroatoms. The molecule has 4 heterocycles. The maximum atomic E-state index is 13.8. The second-order valence-electron chi connectivity index (χ2n) is 10.1. The highest BCUT2D eigenvalue weighted by molar-refractivity contribution is 7.15. The highest BCUT2D eigenvalue weighted by Crippen LogP contribution is 2.50. The number of likely N-dealkylation sites (tertiary alicyclic amines) is 1. The lowest BCUT2D eigenvalue weighted by Gasteiger charge is -2.27. The molecule has 1 saturated carbocycles. The second kappa shape index (κ2) is 8.55. The predicted octanol–water partition coefficient (Wildman–Crippen LogP) is 4.58. The van der Waals surface area contributed by atoms with Gasteiger partial charge in [0.05, 0.1) is 21.6 Å². The van der Waals surface area contributed by atoms with E-state index in [1.54, 1.807) is 11.3 Å². The summed E-state index contributed by atoms with van der Waals surface area (Å²) in [6.45, 7) is 9.00. The molecule has 7 nitrogen and oxygen atoms in total. The molecule has 1 aliphatic carbocycles. The number of nitrogens with one attached hydrogen (secondary N) is 1. The summed E-state index contributed by atoms with van der Waals surface area (Å²) >= 11 is 1.56. The first-order valence-corrected chi connectivity index (χ1v) is 13.2. The molecule has 2 aliphatic rings. The van der Waals surface area contributed by atoms with Crippen LogP contribution in [0, 0.1) is 39.5 Å². The van der Waals surface area contributed by atoms with E-state index in [9.17, 15) is 9.59 Å². The summed E-state index contributed by atoms with van der Waals surface area (Å²) in [4.78, 5) is 39.2. The molecule has 1 aromatic carbocycles. The van der Waals surface area contributed by atoms with Gasteiger partial charge >= 0.3 is 0 Å². The van der Waals surface area contributed by atoms with Crippen molar-refractivity contribution < 1.29 is 9.59 Å². The molecule has 0 unspecified atom stereocenters. The molecule has 1 N–H and O–H groups in total. The largest absolute Gasteiger partial charge is 0.349 e. The lowest BCUT2D eigenvalue weighted by molar-refractivity contribution is 0.0690. The van der Waals surface area contributed by atoms with E-state index in [1.807, 2.05) is 60.5 Å². The van der Waals surface area contributed by atoms with E-state index in [0.717, 1.165) is 45.2 Å². The Hall–Kier alpha value is -3.52. The molecule has 0 bridgehead atoms. The number of aryl methyl sites for hydroxylation is 4. The van der Waals surface area contributed by atoms with Gasteiger partial charge in [-0.1, -0.05) is 35.9 Å². The lowest BCUT2D eigenvalue weighted by Crippen LogP contribution is -2.46. The van der Waals surface area contributed by atoms with E-state index in [4.69, 9.17) is 0 Å². The SMILES string of the molecule is Cc1cccc(-c2sc(C)nc2C(=O)N2C[C@H]3C[C@H]3[C@H]2CNC(=O)c2c(C)nc3c(C)cccn23)c1. The van der Waals surface area contributed by atoms with Gasteiger partial charge in [-0.05, 0) is 63.1 Å². The molecule has 2 amide bonds. The molecule has 6 rings (SSSR count). The first kappa shape index (κ1) is 22.9. The number of nitrogens with zero attached hydrogens (tertiary/aromatic N) is 4. The Labute approximate surface area is 214 Å². The van der Waals surface area contributed by atoms with Gasteiger partial charge in [-0.15, -0.1) is 11.3 Å². The van der Waals surface area contributed by atoms with Crippen molar-refractivity contribution in [1.29, 1.82) is 0 Å². The van der Waals surface area contributed by atoms with Crippen LogP contribution >= 0.6 is 11.3 Å². The number of piperidine rings is 1. The number of imidazole rings is 1. The minimum absolute atomic E-state index is 0.0277. The fourth-order valence-electron chi connectivity index (χ4n) is 5.63. The van der Waals surface area contributed by atoms with Crippen LogP contribution < -0.4 is 5.32 Å². The number of pyridine rings is 1. The van der Waals surface area contributed by atoms with Crippen molar-refractivity contribution in [2.45, 2.75) is 40.2 Å². The van der Waals surface area contributed by atoms with Crippen molar-refractivity contribution in [1.82, 2.24) is 24.6 Å². The molecule has 4 aromatic rings. The Morgan fingerprint density at radius 3 is 2.75 bits per heavy atom. The van der Waals surface area contributed by atoms with Crippen LogP contribution in [0.15, 0.2) is 42.6 Å².